The summed E-state index contributed by atoms with van der Waals surface area (Å²) in [6.07, 6.45) is 2.19. The molecule has 0 bridgehead atoms. The summed E-state index contributed by atoms with van der Waals surface area (Å²) in [6, 6.07) is 1.60. The Morgan fingerprint density at radius 1 is 1.18 bits per heavy atom. The van der Waals surface area contributed by atoms with E-state index in [4.69, 9.17) is 0 Å². The van der Waals surface area contributed by atoms with E-state index in [-0.39, 0.29) is 5.75 Å². The van der Waals surface area contributed by atoms with Gasteiger partial charge >= 0.3 is 0 Å². The molecule has 1 aromatic carbocycles. The van der Waals surface area contributed by atoms with Crippen LogP contribution in [0.1, 0.15) is 31.5 Å². The summed E-state index contributed by atoms with van der Waals surface area (Å²) in [5.74, 6) is -4.33. The van der Waals surface area contributed by atoms with Gasteiger partial charge in [0.05, 0.1) is 18.0 Å². The molecule has 2 N–H and O–H groups in total. The van der Waals surface area contributed by atoms with Gasteiger partial charge in [0.15, 0.2) is 22.6 Å². The Labute approximate surface area is 163 Å². The summed E-state index contributed by atoms with van der Waals surface area (Å²) >= 11 is 1.20. The van der Waals surface area contributed by atoms with Crippen molar-refractivity contribution in [1.82, 2.24) is 20.1 Å². The Morgan fingerprint density at radius 2 is 1.93 bits per heavy atom. The van der Waals surface area contributed by atoms with E-state index >= 15 is 0 Å². The third-order valence-electron chi connectivity index (χ3n) is 4.09. The van der Waals surface area contributed by atoms with Crippen LogP contribution in [0.15, 0.2) is 17.3 Å². The number of anilines is 1. The number of nitrogens with one attached hydrogen (secondary N) is 2. The van der Waals surface area contributed by atoms with Gasteiger partial charge in [-0.3, -0.25) is 9.59 Å². The summed E-state index contributed by atoms with van der Waals surface area (Å²) in [5, 5.41) is 13.4. The second-order valence-electron chi connectivity index (χ2n) is 6.20. The number of benzene rings is 1. The highest BCUT2D eigenvalue weighted by Gasteiger charge is 2.30. The van der Waals surface area contributed by atoms with Crippen LogP contribution in [0.4, 0.5) is 18.9 Å². The van der Waals surface area contributed by atoms with Crippen molar-refractivity contribution in [3.63, 3.8) is 0 Å². The van der Waals surface area contributed by atoms with Crippen LogP contribution in [0.5, 0.6) is 0 Å². The first kappa shape index (κ1) is 20.2. The molecule has 0 spiro atoms. The van der Waals surface area contributed by atoms with E-state index in [1.165, 1.54) is 11.8 Å². The summed E-state index contributed by atoms with van der Waals surface area (Å²) in [5.41, 5.74) is -0.504. The van der Waals surface area contributed by atoms with Crippen LogP contribution in [-0.2, 0) is 16.1 Å². The van der Waals surface area contributed by atoms with Crippen molar-refractivity contribution in [2.24, 2.45) is 0 Å². The Hall–Kier alpha value is -2.56. The normalized spacial score (nSPS) is 13.4. The maximum atomic E-state index is 13.5. The number of carbonyl (C=O) groups excluding carboxylic acids is 2. The number of hydrogen-bond acceptors (Lipinski definition) is 5. The zero-order valence-corrected chi connectivity index (χ0v) is 15.8. The fourth-order valence-electron chi connectivity index (χ4n) is 2.52. The lowest BCUT2D eigenvalue weighted by Crippen LogP contribution is -2.34. The molecule has 0 atom stereocenters. The summed E-state index contributed by atoms with van der Waals surface area (Å²) in [7, 11) is 0. The molecule has 0 unspecified atom stereocenters. The molecule has 1 heterocycles. The van der Waals surface area contributed by atoms with E-state index in [1.54, 1.807) is 0 Å². The number of rotatable bonds is 8. The van der Waals surface area contributed by atoms with Crippen LogP contribution >= 0.6 is 11.8 Å². The van der Waals surface area contributed by atoms with Gasteiger partial charge in [0.2, 0.25) is 11.8 Å². The number of halogens is 3. The van der Waals surface area contributed by atoms with Gasteiger partial charge < -0.3 is 15.2 Å². The first-order valence-corrected chi connectivity index (χ1v) is 9.65. The molecule has 11 heteroatoms. The van der Waals surface area contributed by atoms with Gasteiger partial charge in [-0.1, -0.05) is 11.8 Å². The zero-order chi connectivity index (χ0) is 20.3. The number of hydrogen-bond donors (Lipinski definition) is 2. The average molecular weight is 413 g/mol. The standard InChI is InChI=1S/C17H18F3N5O2S/c1-2-25-16(9-3-4-9)23-24-17(25)28-8-13(27)21-7-12(26)22-11-6-5-10(18)14(19)15(11)20/h5-6,9H,2-4,7-8H2,1H3,(H,21,27)(H,22,26). The molecule has 0 radical (unpaired) electrons. The highest BCUT2D eigenvalue weighted by molar-refractivity contribution is 7.99. The molecule has 7 nitrogen and oxygen atoms in total. The smallest absolute Gasteiger partial charge is 0.243 e. The van der Waals surface area contributed by atoms with Gasteiger partial charge in [-0.25, -0.2) is 13.2 Å². The van der Waals surface area contributed by atoms with E-state index in [2.05, 4.69) is 20.8 Å². The third-order valence-corrected chi connectivity index (χ3v) is 5.06. The van der Waals surface area contributed by atoms with Gasteiger partial charge in [0.25, 0.3) is 0 Å². The molecule has 0 saturated heterocycles. The first-order chi connectivity index (χ1) is 13.4. The molecule has 3 rings (SSSR count). The Kier molecular flexibility index (Phi) is 6.22. The van der Waals surface area contributed by atoms with Crippen LogP contribution < -0.4 is 10.6 Å². The largest absolute Gasteiger partial charge is 0.346 e. The molecule has 1 aromatic heterocycles. The molecule has 150 valence electrons. The van der Waals surface area contributed by atoms with Gasteiger partial charge in [0, 0.05) is 12.5 Å². The minimum atomic E-state index is -1.68. The van der Waals surface area contributed by atoms with Crippen LogP contribution in [0.25, 0.3) is 0 Å². The number of amides is 2. The SMILES string of the molecule is CCn1c(SCC(=O)NCC(=O)Nc2ccc(F)c(F)c2F)nnc1C1CC1. The van der Waals surface area contributed by atoms with Gasteiger partial charge in [-0.15, -0.1) is 10.2 Å². The molecule has 2 aromatic rings. The van der Waals surface area contributed by atoms with E-state index < -0.39 is 41.5 Å². The van der Waals surface area contributed by atoms with Crippen molar-refractivity contribution in [2.45, 2.75) is 37.4 Å². The van der Waals surface area contributed by atoms with Crippen LogP contribution in [0, 0.1) is 17.5 Å². The van der Waals surface area contributed by atoms with Crippen LogP contribution in [0.2, 0.25) is 0 Å². The minimum absolute atomic E-state index is 0.0234. The third kappa shape index (κ3) is 4.64. The maximum absolute atomic E-state index is 13.5. The first-order valence-electron chi connectivity index (χ1n) is 8.66. The van der Waals surface area contributed by atoms with Crippen molar-refractivity contribution in [1.29, 1.82) is 0 Å². The van der Waals surface area contributed by atoms with Crippen molar-refractivity contribution in [2.75, 3.05) is 17.6 Å². The summed E-state index contributed by atoms with van der Waals surface area (Å²) < 4.78 is 41.5. The monoisotopic (exact) mass is 413 g/mol. The van der Waals surface area contributed by atoms with Crippen molar-refractivity contribution in [3.8, 4) is 0 Å². The van der Waals surface area contributed by atoms with Gasteiger partial charge in [0.1, 0.15) is 5.82 Å². The van der Waals surface area contributed by atoms with E-state index in [0.29, 0.717) is 23.7 Å². The fraction of sp³-hybridized carbons (Fsp3) is 0.412. The number of carbonyl (C=O) groups is 2. The minimum Gasteiger partial charge on any atom is -0.346 e. The average Bonchev–Trinajstić information content (AvgIpc) is 3.44. The predicted molar refractivity (Wildman–Crippen MR) is 96.4 cm³/mol. The number of thioether (sulfide) groups is 1. The second kappa shape index (κ2) is 8.63. The van der Waals surface area contributed by atoms with E-state index in [1.807, 2.05) is 11.5 Å². The second-order valence-corrected chi connectivity index (χ2v) is 7.14. The zero-order valence-electron chi connectivity index (χ0n) is 15.0. The molecule has 1 fully saturated rings. The van der Waals surface area contributed by atoms with Crippen molar-refractivity contribution < 1.29 is 22.8 Å². The highest BCUT2D eigenvalue weighted by atomic mass is 32.2. The van der Waals surface area contributed by atoms with Crippen molar-refractivity contribution in [3.05, 3.63) is 35.4 Å². The van der Waals surface area contributed by atoms with Crippen LogP contribution in [0.3, 0.4) is 0 Å². The highest BCUT2D eigenvalue weighted by Crippen LogP contribution is 2.39. The molecular formula is C17H18F3N5O2S. The molecule has 1 saturated carbocycles. The lowest BCUT2D eigenvalue weighted by molar-refractivity contribution is -0.122. The predicted octanol–water partition coefficient (Wildman–Crippen LogP) is 2.44. The van der Waals surface area contributed by atoms with E-state index in [0.717, 1.165) is 24.7 Å². The molecule has 28 heavy (non-hydrogen) atoms. The Morgan fingerprint density at radius 3 is 2.61 bits per heavy atom. The summed E-state index contributed by atoms with van der Waals surface area (Å²) in [6.45, 7) is 2.23. The topological polar surface area (TPSA) is 88.9 Å². The quantitative estimate of drug-likeness (QED) is 0.513. The molecule has 1 aliphatic carbocycles. The summed E-state index contributed by atoms with van der Waals surface area (Å²) in [4.78, 5) is 23.7. The van der Waals surface area contributed by atoms with E-state index in [9.17, 15) is 22.8 Å². The lowest BCUT2D eigenvalue weighted by Gasteiger charge is -2.09. The van der Waals surface area contributed by atoms with Gasteiger partial charge in [-0.05, 0) is 31.9 Å². The number of nitrogens with zero attached hydrogens (tertiary/aromatic N) is 3. The molecule has 0 aliphatic heterocycles. The maximum Gasteiger partial charge on any atom is 0.243 e. The van der Waals surface area contributed by atoms with Gasteiger partial charge in [-0.2, -0.15) is 0 Å². The Bertz CT molecular complexity index is 901. The molecular weight excluding hydrogens is 395 g/mol. The molecule has 2 amide bonds. The lowest BCUT2D eigenvalue weighted by atomic mass is 10.2. The Balaban J connectivity index is 1.47. The van der Waals surface area contributed by atoms with Crippen LogP contribution in [-0.4, -0.2) is 38.9 Å². The fourth-order valence-corrected chi connectivity index (χ4v) is 3.36. The number of aromatic nitrogens is 3. The van der Waals surface area contributed by atoms with Crippen molar-refractivity contribution >= 4 is 29.3 Å². The molecule has 1 aliphatic rings.